The van der Waals surface area contributed by atoms with Gasteiger partial charge in [-0.25, -0.2) is 9.97 Å². The lowest BCUT2D eigenvalue weighted by molar-refractivity contribution is 0.270. The molecule has 0 saturated carbocycles. The standard InChI is InChI=1S/C9H16N4O/c1-6-3-11-9(13-7(6)2)12-4-8(10)5-14/h3,8,14H,4-5,10H2,1-2H3,(H,11,12,13). The van der Waals surface area contributed by atoms with E-state index in [0.717, 1.165) is 11.3 Å². The summed E-state index contributed by atoms with van der Waals surface area (Å²) in [7, 11) is 0. The molecule has 0 saturated heterocycles. The number of anilines is 1. The minimum absolute atomic E-state index is 0.0438. The van der Waals surface area contributed by atoms with Crippen LogP contribution in [-0.2, 0) is 0 Å². The molecule has 1 rings (SSSR count). The maximum atomic E-state index is 8.71. The maximum absolute atomic E-state index is 8.71. The van der Waals surface area contributed by atoms with Gasteiger partial charge in [0, 0.05) is 24.5 Å². The second-order valence-corrected chi connectivity index (χ2v) is 3.29. The highest BCUT2D eigenvalue weighted by Gasteiger charge is 2.02. The van der Waals surface area contributed by atoms with Crippen molar-refractivity contribution in [1.82, 2.24) is 9.97 Å². The molecule has 5 nitrogen and oxygen atoms in total. The summed E-state index contributed by atoms with van der Waals surface area (Å²) in [5.74, 6) is 0.553. The van der Waals surface area contributed by atoms with Crippen LogP contribution in [0.2, 0.25) is 0 Å². The lowest BCUT2D eigenvalue weighted by Gasteiger charge is -2.10. The summed E-state index contributed by atoms with van der Waals surface area (Å²) in [5.41, 5.74) is 7.52. The normalized spacial score (nSPS) is 12.6. The van der Waals surface area contributed by atoms with E-state index in [2.05, 4.69) is 15.3 Å². The van der Waals surface area contributed by atoms with E-state index in [0.29, 0.717) is 12.5 Å². The van der Waals surface area contributed by atoms with Gasteiger partial charge < -0.3 is 16.2 Å². The molecule has 0 aliphatic rings. The topological polar surface area (TPSA) is 84.1 Å². The second kappa shape index (κ2) is 4.88. The summed E-state index contributed by atoms with van der Waals surface area (Å²) in [5, 5.41) is 11.7. The minimum Gasteiger partial charge on any atom is -0.395 e. The monoisotopic (exact) mass is 196 g/mol. The van der Waals surface area contributed by atoms with Crippen molar-refractivity contribution in [2.75, 3.05) is 18.5 Å². The van der Waals surface area contributed by atoms with E-state index in [1.54, 1.807) is 6.20 Å². The molecule has 14 heavy (non-hydrogen) atoms. The van der Waals surface area contributed by atoms with Crippen LogP contribution in [0.25, 0.3) is 0 Å². The van der Waals surface area contributed by atoms with Crippen molar-refractivity contribution in [2.24, 2.45) is 5.73 Å². The third kappa shape index (κ3) is 2.93. The molecule has 0 aliphatic carbocycles. The Balaban J connectivity index is 2.55. The van der Waals surface area contributed by atoms with Gasteiger partial charge in [0.1, 0.15) is 0 Å². The molecule has 1 aromatic heterocycles. The molecule has 0 spiro atoms. The lowest BCUT2D eigenvalue weighted by atomic mass is 10.3. The van der Waals surface area contributed by atoms with Crippen LogP contribution in [0, 0.1) is 13.8 Å². The first-order valence-electron chi connectivity index (χ1n) is 4.54. The summed E-state index contributed by atoms with van der Waals surface area (Å²) in [6.07, 6.45) is 1.76. The van der Waals surface area contributed by atoms with Crippen LogP contribution < -0.4 is 11.1 Å². The molecule has 0 radical (unpaired) electrons. The number of nitrogens with one attached hydrogen (secondary N) is 1. The van der Waals surface area contributed by atoms with Gasteiger partial charge in [-0.1, -0.05) is 0 Å². The average molecular weight is 196 g/mol. The Morgan fingerprint density at radius 2 is 2.29 bits per heavy atom. The van der Waals surface area contributed by atoms with Gasteiger partial charge in [0.05, 0.1) is 6.61 Å². The molecule has 0 fully saturated rings. The van der Waals surface area contributed by atoms with E-state index in [1.807, 2.05) is 13.8 Å². The molecule has 5 heteroatoms. The molecule has 0 aliphatic heterocycles. The fourth-order valence-electron chi connectivity index (χ4n) is 0.899. The number of hydrogen-bond acceptors (Lipinski definition) is 5. The molecule has 0 aromatic carbocycles. The van der Waals surface area contributed by atoms with Crippen LogP contribution >= 0.6 is 0 Å². The van der Waals surface area contributed by atoms with Gasteiger partial charge in [-0.3, -0.25) is 0 Å². The summed E-state index contributed by atoms with van der Waals surface area (Å²) in [6.45, 7) is 4.31. The zero-order chi connectivity index (χ0) is 10.6. The van der Waals surface area contributed by atoms with E-state index < -0.39 is 0 Å². The Morgan fingerprint density at radius 1 is 1.57 bits per heavy atom. The summed E-state index contributed by atoms with van der Waals surface area (Å²) >= 11 is 0. The number of aromatic nitrogens is 2. The lowest BCUT2D eigenvalue weighted by Crippen LogP contribution is -2.32. The SMILES string of the molecule is Cc1cnc(NCC(N)CO)nc1C. The van der Waals surface area contributed by atoms with Crippen LogP contribution in [0.15, 0.2) is 6.20 Å². The van der Waals surface area contributed by atoms with Crippen LogP contribution in [0.5, 0.6) is 0 Å². The highest BCUT2D eigenvalue weighted by molar-refractivity contribution is 5.28. The van der Waals surface area contributed by atoms with Crippen molar-refractivity contribution in [1.29, 1.82) is 0 Å². The van der Waals surface area contributed by atoms with Crippen molar-refractivity contribution in [3.05, 3.63) is 17.5 Å². The van der Waals surface area contributed by atoms with Crippen molar-refractivity contribution in [2.45, 2.75) is 19.9 Å². The first kappa shape index (κ1) is 10.9. The molecule has 0 bridgehead atoms. The molecular formula is C9H16N4O. The predicted octanol–water partition coefficient (Wildman–Crippen LogP) is -0.175. The number of aliphatic hydroxyl groups is 1. The first-order valence-corrected chi connectivity index (χ1v) is 4.54. The van der Waals surface area contributed by atoms with Gasteiger partial charge in [-0.15, -0.1) is 0 Å². The Morgan fingerprint density at radius 3 is 2.86 bits per heavy atom. The summed E-state index contributed by atoms with van der Waals surface area (Å²) < 4.78 is 0. The highest BCUT2D eigenvalue weighted by atomic mass is 16.3. The Labute approximate surface area is 83.4 Å². The zero-order valence-electron chi connectivity index (χ0n) is 8.49. The molecule has 78 valence electrons. The van der Waals surface area contributed by atoms with Crippen LogP contribution in [-0.4, -0.2) is 34.3 Å². The molecule has 4 N–H and O–H groups in total. The van der Waals surface area contributed by atoms with Gasteiger partial charge in [-0.05, 0) is 19.4 Å². The predicted molar refractivity (Wildman–Crippen MR) is 55.1 cm³/mol. The molecule has 1 unspecified atom stereocenters. The third-order valence-corrected chi connectivity index (χ3v) is 1.98. The van der Waals surface area contributed by atoms with Gasteiger partial charge in [-0.2, -0.15) is 0 Å². The Kier molecular flexibility index (Phi) is 3.79. The Bertz CT molecular complexity index is 303. The molecule has 1 atom stereocenters. The Hall–Kier alpha value is -1.20. The molecular weight excluding hydrogens is 180 g/mol. The average Bonchev–Trinajstić information content (AvgIpc) is 2.19. The number of rotatable bonds is 4. The van der Waals surface area contributed by atoms with Gasteiger partial charge in [0.15, 0.2) is 0 Å². The van der Waals surface area contributed by atoms with E-state index in [9.17, 15) is 0 Å². The molecule has 0 amide bonds. The van der Waals surface area contributed by atoms with E-state index in [4.69, 9.17) is 10.8 Å². The van der Waals surface area contributed by atoms with Gasteiger partial charge in [0.25, 0.3) is 0 Å². The first-order chi connectivity index (χ1) is 6.63. The molecule has 1 heterocycles. The third-order valence-electron chi connectivity index (χ3n) is 1.98. The van der Waals surface area contributed by atoms with Crippen LogP contribution in [0.3, 0.4) is 0 Å². The van der Waals surface area contributed by atoms with E-state index >= 15 is 0 Å². The van der Waals surface area contributed by atoms with Crippen molar-refractivity contribution in [3.63, 3.8) is 0 Å². The number of hydrogen-bond donors (Lipinski definition) is 3. The number of nitrogens with zero attached hydrogens (tertiary/aromatic N) is 2. The zero-order valence-corrected chi connectivity index (χ0v) is 8.49. The van der Waals surface area contributed by atoms with Gasteiger partial charge in [0.2, 0.25) is 5.95 Å². The smallest absolute Gasteiger partial charge is 0.222 e. The van der Waals surface area contributed by atoms with Crippen molar-refractivity contribution in [3.8, 4) is 0 Å². The maximum Gasteiger partial charge on any atom is 0.222 e. The van der Waals surface area contributed by atoms with Crippen LogP contribution in [0.1, 0.15) is 11.3 Å². The largest absolute Gasteiger partial charge is 0.395 e. The summed E-state index contributed by atoms with van der Waals surface area (Å²) in [4.78, 5) is 8.31. The van der Waals surface area contributed by atoms with Crippen molar-refractivity contribution >= 4 is 5.95 Å². The number of nitrogens with two attached hydrogens (primary N) is 1. The van der Waals surface area contributed by atoms with Crippen molar-refractivity contribution < 1.29 is 5.11 Å². The fourth-order valence-corrected chi connectivity index (χ4v) is 0.899. The molecule has 1 aromatic rings. The number of aryl methyl sites for hydroxylation is 2. The van der Waals surface area contributed by atoms with Crippen LogP contribution in [0.4, 0.5) is 5.95 Å². The summed E-state index contributed by atoms with van der Waals surface area (Å²) in [6, 6.07) is -0.278. The van der Waals surface area contributed by atoms with E-state index in [1.165, 1.54) is 0 Å². The second-order valence-electron chi connectivity index (χ2n) is 3.29. The fraction of sp³-hybridized carbons (Fsp3) is 0.556. The van der Waals surface area contributed by atoms with E-state index in [-0.39, 0.29) is 12.6 Å². The minimum atomic E-state index is -0.278. The number of aliphatic hydroxyl groups excluding tert-OH is 1. The van der Waals surface area contributed by atoms with Gasteiger partial charge >= 0.3 is 0 Å². The quantitative estimate of drug-likeness (QED) is 0.622. The highest BCUT2D eigenvalue weighted by Crippen LogP contribution is 2.04.